The van der Waals surface area contributed by atoms with Gasteiger partial charge in [0.05, 0.1) is 5.56 Å². The Balaban J connectivity index is 1.48. The molecular formula is C23H24F3N3O3. The average molecular weight is 447 g/mol. The number of amides is 3. The fourth-order valence-electron chi connectivity index (χ4n) is 3.58. The van der Waals surface area contributed by atoms with Crippen molar-refractivity contribution in [3.8, 4) is 0 Å². The third-order valence-corrected chi connectivity index (χ3v) is 5.52. The number of rotatable bonds is 5. The van der Waals surface area contributed by atoms with Crippen molar-refractivity contribution in [2.75, 3.05) is 20.1 Å². The predicted molar refractivity (Wildman–Crippen MR) is 112 cm³/mol. The third kappa shape index (κ3) is 5.66. The molecule has 1 aliphatic rings. The van der Waals surface area contributed by atoms with Crippen molar-refractivity contribution in [1.82, 2.24) is 15.5 Å². The van der Waals surface area contributed by atoms with Crippen molar-refractivity contribution >= 4 is 17.7 Å². The molecule has 1 heterocycles. The Morgan fingerprint density at radius 2 is 1.50 bits per heavy atom. The van der Waals surface area contributed by atoms with Crippen LogP contribution in [0.4, 0.5) is 13.2 Å². The summed E-state index contributed by atoms with van der Waals surface area (Å²) in [5, 5.41) is 5.42. The quantitative estimate of drug-likeness (QED) is 0.739. The van der Waals surface area contributed by atoms with Gasteiger partial charge in [0.1, 0.15) is 0 Å². The molecule has 3 amide bonds. The van der Waals surface area contributed by atoms with Crippen LogP contribution in [0.3, 0.4) is 0 Å². The van der Waals surface area contributed by atoms with E-state index in [2.05, 4.69) is 10.6 Å². The van der Waals surface area contributed by atoms with E-state index in [0.29, 0.717) is 38.0 Å². The topological polar surface area (TPSA) is 78.5 Å². The molecule has 2 aromatic carbocycles. The van der Waals surface area contributed by atoms with E-state index in [4.69, 9.17) is 0 Å². The number of alkyl halides is 3. The first-order valence-electron chi connectivity index (χ1n) is 10.2. The molecule has 3 rings (SSSR count). The Kier molecular flexibility index (Phi) is 7.17. The molecule has 1 fully saturated rings. The molecule has 0 spiro atoms. The summed E-state index contributed by atoms with van der Waals surface area (Å²) < 4.78 is 38.0. The number of nitrogens with zero attached hydrogens (tertiary/aromatic N) is 1. The summed E-state index contributed by atoms with van der Waals surface area (Å²) in [5.41, 5.74) is 0.794. The maximum atomic E-state index is 12.7. The lowest BCUT2D eigenvalue weighted by Crippen LogP contribution is -2.42. The SMILES string of the molecule is CNC(=O)c1ccc(CNC(=O)C2CCN(C(=O)c3ccc(C(F)(F)F)cc3)CC2)cc1. The molecule has 0 radical (unpaired) electrons. The van der Waals surface area contributed by atoms with Gasteiger partial charge in [-0.05, 0) is 54.8 Å². The minimum atomic E-state index is -4.44. The molecule has 32 heavy (non-hydrogen) atoms. The van der Waals surface area contributed by atoms with Crippen molar-refractivity contribution in [1.29, 1.82) is 0 Å². The number of likely N-dealkylation sites (tertiary alicyclic amines) is 1. The first kappa shape index (κ1) is 23.3. The predicted octanol–water partition coefficient (Wildman–Crippen LogP) is 3.23. The van der Waals surface area contributed by atoms with Gasteiger partial charge >= 0.3 is 6.18 Å². The van der Waals surface area contributed by atoms with Crippen molar-refractivity contribution < 1.29 is 27.6 Å². The molecule has 6 nitrogen and oxygen atoms in total. The van der Waals surface area contributed by atoms with Crippen molar-refractivity contribution in [3.63, 3.8) is 0 Å². The maximum absolute atomic E-state index is 12.7. The van der Waals surface area contributed by atoms with Crippen LogP contribution in [-0.2, 0) is 17.5 Å². The van der Waals surface area contributed by atoms with Crippen LogP contribution >= 0.6 is 0 Å². The summed E-state index contributed by atoms with van der Waals surface area (Å²) in [4.78, 5) is 38.2. The molecule has 0 bridgehead atoms. The van der Waals surface area contributed by atoms with Crippen LogP contribution in [0.15, 0.2) is 48.5 Å². The van der Waals surface area contributed by atoms with E-state index in [-0.39, 0.29) is 29.2 Å². The van der Waals surface area contributed by atoms with Crippen LogP contribution < -0.4 is 10.6 Å². The number of halogens is 3. The highest BCUT2D eigenvalue weighted by molar-refractivity contribution is 5.94. The third-order valence-electron chi connectivity index (χ3n) is 5.52. The van der Waals surface area contributed by atoms with E-state index >= 15 is 0 Å². The lowest BCUT2D eigenvalue weighted by atomic mass is 9.95. The van der Waals surface area contributed by atoms with E-state index < -0.39 is 11.7 Å². The minimum Gasteiger partial charge on any atom is -0.355 e. The van der Waals surface area contributed by atoms with E-state index in [1.54, 1.807) is 36.2 Å². The summed E-state index contributed by atoms with van der Waals surface area (Å²) >= 11 is 0. The van der Waals surface area contributed by atoms with Gasteiger partial charge in [-0.15, -0.1) is 0 Å². The molecule has 2 aromatic rings. The highest BCUT2D eigenvalue weighted by Gasteiger charge is 2.31. The van der Waals surface area contributed by atoms with Gasteiger partial charge in [-0.25, -0.2) is 0 Å². The second kappa shape index (κ2) is 9.84. The number of carbonyl (C=O) groups is 3. The molecule has 9 heteroatoms. The van der Waals surface area contributed by atoms with Crippen LogP contribution in [-0.4, -0.2) is 42.8 Å². The van der Waals surface area contributed by atoms with Crippen LogP contribution in [0.5, 0.6) is 0 Å². The zero-order valence-electron chi connectivity index (χ0n) is 17.5. The molecule has 0 unspecified atom stereocenters. The number of hydrogen-bond donors (Lipinski definition) is 2. The number of piperidine rings is 1. The minimum absolute atomic E-state index is 0.109. The second-order valence-electron chi connectivity index (χ2n) is 7.64. The molecule has 0 aliphatic carbocycles. The number of hydrogen-bond acceptors (Lipinski definition) is 3. The Morgan fingerprint density at radius 3 is 2.03 bits per heavy atom. The highest BCUT2D eigenvalue weighted by atomic mass is 19.4. The van der Waals surface area contributed by atoms with E-state index in [1.807, 2.05) is 0 Å². The second-order valence-corrected chi connectivity index (χ2v) is 7.64. The summed E-state index contributed by atoms with van der Waals surface area (Å²) in [7, 11) is 1.55. The molecule has 170 valence electrons. The van der Waals surface area contributed by atoms with Gasteiger partial charge < -0.3 is 15.5 Å². The summed E-state index contributed by atoms with van der Waals surface area (Å²) in [6, 6.07) is 11.1. The monoisotopic (exact) mass is 447 g/mol. The number of carbonyl (C=O) groups excluding carboxylic acids is 3. The van der Waals surface area contributed by atoms with Crippen molar-refractivity contribution in [3.05, 3.63) is 70.8 Å². The Bertz CT molecular complexity index is 965. The first-order chi connectivity index (χ1) is 15.2. The average Bonchev–Trinajstić information content (AvgIpc) is 2.81. The smallest absolute Gasteiger partial charge is 0.355 e. The van der Waals surface area contributed by atoms with Gasteiger partial charge in [0.25, 0.3) is 11.8 Å². The van der Waals surface area contributed by atoms with Crippen LogP contribution in [0.1, 0.15) is 44.7 Å². The molecular weight excluding hydrogens is 423 g/mol. The van der Waals surface area contributed by atoms with Crippen molar-refractivity contribution in [2.24, 2.45) is 5.92 Å². The lowest BCUT2D eigenvalue weighted by molar-refractivity contribution is -0.137. The normalized spacial score (nSPS) is 14.7. The standard InChI is InChI=1S/C23H24F3N3O3/c1-27-20(30)16-4-2-15(3-5-16)14-28-21(31)17-10-12-29(13-11-17)22(32)18-6-8-19(9-7-18)23(24,25)26/h2-9,17H,10-14H2,1H3,(H,27,30)(H,28,31). The van der Waals surface area contributed by atoms with Gasteiger partial charge in [0.15, 0.2) is 0 Å². The van der Waals surface area contributed by atoms with Crippen LogP contribution in [0.25, 0.3) is 0 Å². The molecule has 1 saturated heterocycles. The molecule has 0 saturated carbocycles. The van der Waals surface area contributed by atoms with E-state index in [1.165, 1.54) is 12.1 Å². The largest absolute Gasteiger partial charge is 0.416 e. The molecule has 2 N–H and O–H groups in total. The van der Waals surface area contributed by atoms with Crippen LogP contribution in [0.2, 0.25) is 0 Å². The fraction of sp³-hybridized carbons (Fsp3) is 0.348. The van der Waals surface area contributed by atoms with Gasteiger partial charge in [0.2, 0.25) is 5.91 Å². The summed E-state index contributed by atoms with van der Waals surface area (Å²) in [5.74, 6) is -0.870. The fourth-order valence-corrected chi connectivity index (χ4v) is 3.58. The molecule has 1 aliphatic heterocycles. The van der Waals surface area contributed by atoms with Gasteiger partial charge in [-0.2, -0.15) is 13.2 Å². The van der Waals surface area contributed by atoms with Crippen molar-refractivity contribution in [2.45, 2.75) is 25.6 Å². The summed E-state index contributed by atoms with van der Waals surface area (Å²) in [6.45, 7) is 1.05. The van der Waals surface area contributed by atoms with Gasteiger partial charge in [-0.1, -0.05) is 12.1 Å². The van der Waals surface area contributed by atoms with E-state index in [0.717, 1.165) is 17.7 Å². The lowest BCUT2D eigenvalue weighted by Gasteiger charge is -2.31. The maximum Gasteiger partial charge on any atom is 0.416 e. The Morgan fingerprint density at radius 1 is 0.938 bits per heavy atom. The Labute approximate surface area is 183 Å². The first-order valence-corrected chi connectivity index (χ1v) is 10.2. The van der Waals surface area contributed by atoms with E-state index in [9.17, 15) is 27.6 Å². The summed E-state index contributed by atoms with van der Waals surface area (Å²) in [6.07, 6.45) is -3.49. The molecule has 0 aromatic heterocycles. The zero-order chi connectivity index (χ0) is 23.3. The Hall–Kier alpha value is -3.36. The highest BCUT2D eigenvalue weighted by Crippen LogP contribution is 2.29. The number of nitrogens with one attached hydrogen (secondary N) is 2. The number of benzene rings is 2. The molecule has 0 atom stereocenters. The van der Waals surface area contributed by atoms with Crippen LogP contribution in [0, 0.1) is 5.92 Å². The van der Waals surface area contributed by atoms with Gasteiger partial charge in [0, 0.05) is 43.7 Å². The zero-order valence-corrected chi connectivity index (χ0v) is 17.5. The van der Waals surface area contributed by atoms with Gasteiger partial charge in [-0.3, -0.25) is 14.4 Å².